The molecule has 0 bridgehead atoms. The molecule has 0 aliphatic heterocycles. The summed E-state index contributed by atoms with van der Waals surface area (Å²) in [6.45, 7) is 0.450. The van der Waals surface area contributed by atoms with Gasteiger partial charge in [-0.1, -0.05) is 0 Å². The Morgan fingerprint density at radius 3 is 2.94 bits per heavy atom. The summed E-state index contributed by atoms with van der Waals surface area (Å²) in [4.78, 5) is 24.5. The van der Waals surface area contributed by atoms with Gasteiger partial charge in [0, 0.05) is 18.4 Å². The molecule has 0 aliphatic carbocycles. The molecule has 1 amide bonds. The molecule has 0 aliphatic rings. The molecule has 1 aromatic rings. The molecule has 0 saturated heterocycles. The van der Waals surface area contributed by atoms with Gasteiger partial charge >= 0.3 is 12.1 Å². The maximum Gasteiger partial charge on any atom is 0.404 e. The van der Waals surface area contributed by atoms with Crippen molar-refractivity contribution in [1.82, 2.24) is 4.98 Å². The quantitative estimate of drug-likeness (QED) is 0.620. The molecule has 0 radical (unpaired) electrons. The van der Waals surface area contributed by atoms with Gasteiger partial charge in [0.1, 0.15) is 12.3 Å². The zero-order valence-corrected chi connectivity index (χ0v) is 8.34. The SMILES string of the molecule is NC(=O)OCCNc1ccnc(C(=O)O)c1. The van der Waals surface area contributed by atoms with Crippen LogP contribution in [0.3, 0.4) is 0 Å². The van der Waals surface area contributed by atoms with Gasteiger partial charge in [-0.3, -0.25) is 0 Å². The van der Waals surface area contributed by atoms with Crippen LogP contribution in [0.5, 0.6) is 0 Å². The molecule has 0 unspecified atom stereocenters. The molecule has 0 atom stereocenters. The van der Waals surface area contributed by atoms with E-state index in [0.717, 1.165) is 0 Å². The number of hydrogen-bond acceptors (Lipinski definition) is 5. The molecule has 1 aromatic heterocycles. The third kappa shape index (κ3) is 3.82. The molecule has 86 valence electrons. The smallest absolute Gasteiger partial charge is 0.404 e. The molecule has 0 fully saturated rings. The molecule has 0 saturated carbocycles. The highest BCUT2D eigenvalue weighted by molar-refractivity contribution is 5.86. The second-order valence-electron chi connectivity index (χ2n) is 2.83. The molecule has 1 heterocycles. The number of hydrogen-bond donors (Lipinski definition) is 3. The number of anilines is 1. The zero-order valence-electron chi connectivity index (χ0n) is 8.34. The average Bonchev–Trinajstić information content (AvgIpc) is 2.24. The van der Waals surface area contributed by atoms with Crippen LogP contribution in [0.4, 0.5) is 10.5 Å². The highest BCUT2D eigenvalue weighted by Gasteiger charge is 2.04. The number of carbonyl (C=O) groups is 2. The van der Waals surface area contributed by atoms with E-state index in [-0.39, 0.29) is 12.3 Å². The van der Waals surface area contributed by atoms with E-state index >= 15 is 0 Å². The molecule has 1 rings (SSSR count). The van der Waals surface area contributed by atoms with Crippen molar-refractivity contribution in [3.63, 3.8) is 0 Å². The van der Waals surface area contributed by atoms with Crippen molar-refractivity contribution in [2.24, 2.45) is 5.73 Å². The lowest BCUT2D eigenvalue weighted by Gasteiger charge is -2.06. The Labute approximate surface area is 91.2 Å². The number of nitrogens with zero attached hydrogens (tertiary/aromatic N) is 1. The monoisotopic (exact) mass is 225 g/mol. The van der Waals surface area contributed by atoms with E-state index in [9.17, 15) is 9.59 Å². The van der Waals surface area contributed by atoms with Gasteiger partial charge in [-0.15, -0.1) is 0 Å². The summed E-state index contributed by atoms with van der Waals surface area (Å²) in [5.74, 6) is -1.10. The number of pyridine rings is 1. The van der Waals surface area contributed by atoms with Crippen LogP contribution in [-0.2, 0) is 4.74 Å². The summed E-state index contributed by atoms with van der Waals surface area (Å²) in [6.07, 6.45) is 0.531. The first-order valence-corrected chi connectivity index (χ1v) is 4.45. The molecule has 0 aromatic carbocycles. The highest BCUT2D eigenvalue weighted by atomic mass is 16.5. The van der Waals surface area contributed by atoms with Crippen LogP contribution in [-0.4, -0.2) is 35.3 Å². The van der Waals surface area contributed by atoms with Crippen LogP contribution in [0, 0.1) is 0 Å². The van der Waals surface area contributed by atoms with Crippen molar-refractivity contribution < 1.29 is 19.4 Å². The van der Waals surface area contributed by atoms with Gasteiger partial charge in [0.25, 0.3) is 0 Å². The number of aromatic carboxylic acids is 1. The first-order valence-electron chi connectivity index (χ1n) is 4.45. The maximum absolute atomic E-state index is 10.6. The minimum Gasteiger partial charge on any atom is -0.477 e. The number of nitrogens with two attached hydrogens (primary N) is 1. The third-order valence-corrected chi connectivity index (χ3v) is 1.65. The predicted octanol–water partition coefficient (Wildman–Crippen LogP) is 0.287. The number of primary amides is 1. The fraction of sp³-hybridized carbons (Fsp3) is 0.222. The molecule has 7 heteroatoms. The normalized spacial score (nSPS) is 9.50. The molecule has 7 nitrogen and oxygen atoms in total. The van der Waals surface area contributed by atoms with E-state index in [2.05, 4.69) is 15.0 Å². The lowest BCUT2D eigenvalue weighted by atomic mass is 10.3. The number of carboxylic acids is 1. The summed E-state index contributed by atoms with van der Waals surface area (Å²) in [5.41, 5.74) is 5.29. The van der Waals surface area contributed by atoms with Crippen molar-refractivity contribution in [2.75, 3.05) is 18.5 Å². The third-order valence-electron chi connectivity index (χ3n) is 1.65. The van der Waals surface area contributed by atoms with Crippen molar-refractivity contribution in [1.29, 1.82) is 0 Å². The first kappa shape index (κ1) is 11.8. The Morgan fingerprint density at radius 2 is 2.31 bits per heavy atom. The number of nitrogens with one attached hydrogen (secondary N) is 1. The van der Waals surface area contributed by atoms with Crippen LogP contribution in [0.1, 0.15) is 10.5 Å². The summed E-state index contributed by atoms with van der Waals surface area (Å²) in [7, 11) is 0. The number of amides is 1. The average molecular weight is 225 g/mol. The number of aromatic nitrogens is 1. The number of rotatable bonds is 5. The van der Waals surface area contributed by atoms with Crippen LogP contribution >= 0.6 is 0 Å². The van der Waals surface area contributed by atoms with Crippen LogP contribution in [0.15, 0.2) is 18.3 Å². The standard InChI is InChI=1S/C9H11N3O4/c10-9(15)16-4-3-11-6-1-2-12-7(5-6)8(13)14/h1-2,5H,3-4H2,(H2,10,15)(H,11,12)(H,13,14). The highest BCUT2D eigenvalue weighted by Crippen LogP contribution is 2.07. The second-order valence-corrected chi connectivity index (χ2v) is 2.83. The van der Waals surface area contributed by atoms with Gasteiger partial charge in [0.15, 0.2) is 0 Å². The summed E-state index contributed by atoms with van der Waals surface area (Å²) in [6, 6.07) is 2.99. The lowest BCUT2D eigenvalue weighted by Crippen LogP contribution is -2.18. The largest absolute Gasteiger partial charge is 0.477 e. The van der Waals surface area contributed by atoms with E-state index in [0.29, 0.717) is 12.2 Å². The van der Waals surface area contributed by atoms with Gasteiger partial charge in [-0.05, 0) is 12.1 Å². The zero-order chi connectivity index (χ0) is 12.0. The molecular weight excluding hydrogens is 214 g/mol. The number of carbonyl (C=O) groups excluding carboxylic acids is 1. The van der Waals surface area contributed by atoms with Crippen molar-refractivity contribution in [2.45, 2.75) is 0 Å². The maximum atomic E-state index is 10.6. The number of carboxylic acid groups (broad SMARTS) is 1. The Bertz CT molecular complexity index is 394. The fourth-order valence-corrected chi connectivity index (χ4v) is 1.00. The van der Waals surface area contributed by atoms with E-state index in [1.54, 1.807) is 6.07 Å². The molecule has 4 N–H and O–H groups in total. The summed E-state index contributed by atoms with van der Waals surface area (Å²) >= 11 is 0. The lowest BCUT2D eigenvalue weighted by molar-refractivity contribution is 0.0690. The summed E-state index contributed by atoms with van der Waals surface area (Å²) < 4.78 is 4.49. The molecule has 16 heavy (non-hydrogen) atoms. The van der Waals surface area contributed by atoms with E-state index in [4.69, 9.17) is 10.8 Å². The van der Waals surface area contributed by atoms with Gasteiger partial charge in [0.2, 0.25) is 0 Å². The van der Waals surface area contributed by atoms with Crippen LogP contribution in [0.25, 0.3) is 0 Å². The van der Waals surface area contributed by atoms with Crippen molar-refractivity contribution in [3.8, 4) is 0 Å². The first-order chi connectivity index (χ1) is 7.59. The Balaban J connectivity index is 2.45. The van der Waals surface area contributed by atoms with Crippen LogP contribution < -0.4 is 11.1 Å². The van der Waals surface area contributed by atoms with E-state index in [1.807, 2.05) is 0 Å². The summed E-state index contributed by atoms with van der Waals surface area (Å²) in [5, 5.41) is 11.5. The Kier molecular flexibility index (Phi) is 4.07. The molecular formula is C9H11N3O4. The second kappa shape index (κ2) is 5.54. The minimum atomic E-state index is -1.10. The molecule has 0 spiro atoms. The Hall–Kier alpha value is -2.31. The van der Waals surface area contributed by atoms with E-state index in [1.165, 1.54) is 12.3 Å². The minimum absolute atomic E-state index is 0.0548. The van der Waals surface area contributed by atoms with Gasteiger partial charge in [-0.25, -0.2) is 14.6 Å². The van der Waals surface area contributed by atoms with Crippen LogP contribution in [0.2, 0.25) is 0 Å². The van der Waals surface area contributed by atoms with E-state index < -0.39 is 12.1 Å². The van der Waals surface area contributed by atoms with Gasteiger partial charge < -0.3 is 20.9 Å². The fourth-order valence-electron chi connectivity index (χ4n) is 1.00. The Morgan fingerprint density at radius 1 is 1.56 bits per heavy atom. The van der Waals surface area contributed by atoms with Gasteiger partial charge in [0.05, 0.1) is 0 Å². The topological polar surface area (TPSA) is 115 Å². The predicted molar refractivity (Wildman–Crippen MR) is 55.2 cm³/mol. The van der Waals surface area contributed by atoms with Crippen molar-refractivity contribution in [3.05, 3.63) is 24.0 Å². The van der Waals surface area contributed by atoms with Crippen molar-refractivity contribution >= 4 is 17.7 Å². The number of ether oxygens (including phenoxy) is 1. The van der Waals surface area contributed by atoms with Gasteiger partial charge in [-0.2, -0.15) is 0 Å².